The molecule has 0 aliphatic heterocycles. The molecule has 2 atom stereocenters. The molecule has 10 heteroatoms. The van der Waals surface area contributed by atoms with Crippen LogP contribution in [0.4, 0.5) is 0 Å². The first-order chi connectivity index (χ1) is 28.8. The zero-order chi connectivity index (χ0) is 43.2. The molecule has 0 aromatic rings. The molecule has 350 valence electrons. The molecule has 0 heterocycles. The normalized spacial score (nSPS) is 13.2. The average molecular weight is 858 g/mol. The van der Waals surface area contributed by atoms with Crippen molar-refractivity contribution in [1.29, 1.82) is 0 Å². The van der Waals surface area contributed by atoms with Crippen LogP contribution < -0.4 is 5.32 Å². The lowest BCUT2D eigenvalue weighted by Crippen LogP contribution is -2.27. The van der Waals surface area contributed by atoms with Gasteiger partial charge in [-0.25, -0.2) is 4.57 Å². The number of aliphatic hydroxyl groups excluding tert-OH is 1. The molecular weight excluding hydrogens is 762 g/mol. The Balaban J connectivity index is 3.50. The Morgan fingerprint density at radius 1 is 0.508 bits per heavy atom. The fourth-order valence-electron chi connectivity index (χ4n) is 7.38. The molecule has 2 unspecified atom stereocenters. The molecule has 9 nitrogen and oxygen atoms in total. The van der Waals surface area contributed by atoms with Crippen molar-refractivity contribution in [3.05, 3.63) is 12.2 Å². The SMILES string of the molecule is CCCCCCC/C=C\CCCCCCCC(=O)NCCOP(=O)(O)OCC(O)COC(=O)CCCCCCCCCCCCCCCCCCCCCCCCCC. The summed E-state index contributed by atoms with van der Waals surface area (Å²) >= 11 is 0. The maximum absolute atomic E-state index is 12.1. The van der Waals surface area contributed by atoms with Gasteiger partial charge in [-0.2, -0.15) is 0 Å². The van der Waals surface area contributed by atoms with E-state index in [0.29, 0.717) is 6.42 Å². The summed E-state index contributed by atoms with van der Waals surface area (Å²) < 4.78 is 26.9. The highest BCUT2D eigenvalue weighted by Crippen LogP contribution is 2.42. The molecule has 0 fully saturated rings. The number of phosphoric ester groups is 1. The van der Waals surface area contributed by atoms with Crippen LogP contribution in [0.2, 0.25) is 0 Å². The Hall–Kier alpha value is -1.25. The van der Waals surface area contributed by atoms with E-state index in [2.05, 4.69) is 31.3 Å². The Labute approximate surface area is 364 Å². The molecule has 0 aliphatic rings. The third kappa shape index (κ3) is 47.6. The minimum absolute atomic E-state index is 0.0808. The predicted octanol–water partition coefficient (Wildman–Crippen LogP) is 14.6. The van der Waals surface area contributed by atoms with Gasteiger partial charge in [0.25, 0.3) is 0 Å². The van der Waals surface area contributed by atoms with Crippen molar-refractivity contribution in [2.75, 3.05) is 26.4 Å². The third-order valence-corrected chi connectivity index (χ3v) is 12.2. The molecule has 3 N–H and O–H groups in total. The lowest BCUT2D eigenvalue weighted by Gasteiger charge is -2.15. The summed E-state index contributed by atoms with van der Waals surface area (Å²) in [5, 5.41) is 12.7. The van der Waals surface area contributed by atoms with Gasteiger partial charge in [-0.3, -0.25) is 18.6 Å². The van der Waals surface area contributed by atoms with E-state index in [0.717, 1.165) is 44.9 Å². The van der Waals surface area contributed by atoms with Gasteiger partial charge in [-0.15, -0.1) is 0 Å². The molecule has 0 aromatic carbocycles. The molecule has 0 bridgehead atoms. The smallest absolute Gasteiger partial charge is 0.463 e. The van der Waals surface area contributed by atoms with Gasteiger partial charge >= 0.3 is 13.8 Å². The molecule has 0 spiro atoms. The Bertz CT molecular complexity index is 980. The number of allylic oxidation sites excluding steroid dienone is 2. The van der Waals surface area contributed by atoms with Crippen LogP contribution in [0.15, 0.2) is 12.2 Å². The summed E-state index contributed by atoms with van der Waals surface area (Å²) in [4.78, 5) is 34.0. The van der Waals surface area contributed by atoms with Crippen LogP contribution in [0.1, 0.15) is 258 Å². The van der Waals surface area contributed by atoms with Crippen LogP contribution in [0.5, 0.6) is 0 Å². The van der Waals surface area contributed by atoms with E-state index in [1.165, 1.54) is 186 Å². The Morgan fingerprint density at radius 3 is 1.27 bits per heavy atom. The number of esters is 1. The summed E-state index contributed by atoms with van der Waals surface area (Å²) in [6, 6.07) is 0. The number of aliphatic hydroxyl groups is 1. The monoisotopic (exact) mass is 858 g/mol. The summed E-state index contributed by atoms with van der Waals surface area (Å²) in [7, 11) is -4.42. The minimum Gasteiger partial charge on any atom is -0.463 e. The van der Waals surface area contributed by atoms with Gasteiger partial charge in [0.1, 0.15) is 12.7 Å². The second-order valence-corrected chi connectivity index (χ2v) is 18.6. The van der Waals surface area contributed by atoms with E-state index in [1.54, 1.807) is 0 Å². The molecule has 0 rings (SSSR count). The standard InChI is InChI=1S/C49H96NO8P/c1-3-5-7-9-11-13-15-17-19-20-21-22-23-24-25-26-27-28-30-32-34-36-38-40-42-49(53)56-45-47(51)46-58-59(54,55)57-44-43-50-48(52)41-39-37-35-33-31-29-18-16-14-12-10-8-6-4-2/h16,18,47,51H,3-15,17,19-46H2,1-2H3,(H,50,52)(H,54,55)/b18-16-. The molecule has 0 saturated heterocycles. The van der Waals surface area contributed by atoms with Crippen molar-refractivity contribution in [3.8, 4) is 0 Å². The van der Waals surface area contributed by atoms with Crippen LogP contribution >= 0.6 is 7.82 Å². The highest BCUT2D eigenvalue weighted by molar-refractivity contribution is 7.47. The number of carbonyl (C=O) groups is 2. The van der Waals surface area contributed by atoms with Gasteiger partial charge in [0, 0.05) is 19.4 Å². The second-order valence-electron chi connectivity index (χ2n) is 17.1. The van der Waals surface area contributed by atoms with Crippen molar-refractivity contribution in [3.63, 3.8) is 0 Å². The number of hydrogen-bond acceptors (Lipinski definition) is 7. The lowest BCUT2D eigenvalue weighted by atomic mass is 10.0. The summed E-state index contributed by atoms with van der Waals surface area (Å²) in [6.07, 6.45) is 50.2. The van der Waals surface area contributed by atoms with Crippen molar-refractivity contribution in [2.45, 2.75) is 264 Å². The highest BCUT2D eigenvalue weighted by Gasteiger charge is 2.23. The molecule has 0 aromatic heterocycles. The fourth-order valence-corrected chi connectivity index (χ4v) is 8.13. The van der Waals surface area contributed by atoms with E-state index in [9.17, 15) is 24.2 Å². The molecule has 59 heavy (non-hydrogen) atoms. The largest absolute Gasteiger partial charge is 0.472 e. The van der Waals surface area contributed by atoms with E-state index in [1.807, 2.05) is 0 Å². The second kappa shape index (κ2) is 46.3. The first kappa shape index (κ1) is 57.8. The van der Waals surface area contributed by atoms with Crippen LogP contribution in [0.3, 0.4) is 0 Å². The number of ether oxygens (including phenoxy) is 1. The van der Waals surface area contributed by atoms with Crippen molar-refractivity contribution in [1.82, 2.24) is 5.32 Å². The van der Waals surface area contributed by atoms with Crippen LogP contribution in [-0.4, -0.2) is 54.3 Å². The van der Waals surface area contributed by atoms with E-state index in [4.69, 9.17) is 13.8 Å². The number of nitrogens with one attached hydrogen (secondary N) is 1. The van der Waals surface area contributed by atoms with Crippen LogP contribution in [0.25, 0.3) is 0 Å². The number of unbranched alkanes of at least 4 members (excludes halogenated alkanes) is 33. The number of carbonyl (C=O) groups excluding carboxylic acids is 2. The number of phosphoric acid groups is 1. The summed E-state index contributed by atoms with van der Waals surface area (Å²) in [5.74, 6) is -0.513. The zero-order valence-electron chi connectivity index (χ0n) is 38.7. The van der Waals surface area contributed by atoms with Crippen LogP contribution in [0, 0.1) is 0 Å². The van der Waals surface area contributed by atoms with Gasteiger partial charge < -0.3 is 20.1 Å². The zero-order valence-corrected chi connectivity index (χ0v) is 39.6. The maximum atomic E-state index is 12.1. The van der Waals surface area contributed by atoms with Gasteiger partial charge in [-0.05, 0) is 38.5 Å². The summed E-state index contributed by atoms with van der Waals surface area (Å²) in [5.41, 5.74) is 0. The van der Waals surface area contributed by atoms with E-state index in [-0.39, 0.29) is 32.1 Å². The van der Waals surface area contributed by atoms with Crippen molar-refractivity contribution in [2.24, 2.45) is 0 Å². The first-order valence-electron chi connectivity index (χ1n) is 25.2. The van der Waals surface area contributed by atoms with Gasteiger partial charge in [-0.1, -0.05) is 219 Å². The Kier molecular flexibility index (Phi) is 45.3. The number of rotatable bonds is 48. The third-order valence-electron chi connectivity index (χ3n) is 11.2. The highest BCUT2D eigenvalue weighted by atomic mass is 31.2. The fraction of sp³-hybridized carbons (Fsp3) is 0.918. The molecular formula is C49H96NO8P. The molecule has 0 aliphatic carbocycles. The van der Waals surface area contributed by atoms with Gasteiger partial charge in [0.15, 0.2) is 0 Å². The lowest BCUT2D eigenvalue weighted by molar-refractivity contribution is -0.147. The van der Waals surface area contributed by atoms with Gasteiger partial charge in [0.05, 0.1) is 13.2 Å². The maximum Gasteiger partial charge on any atom is 0.472 e. The van der Waals surface area contributed by atoms with Crippen molar-refractivity contribution >= 4 is 19.7 Å². The average Bonchev–Trinajstić information content (AvgIpc) is 3.22. The van der Waals surface area contributed by atoms with E-state index < -0.39 is 26.5 Å². The molecule has 1 amide bonds. The summed E-state index contributed by atoms with van der Waals surface area (Å²) in [6.45, 7) is 3.58. The van der Waals surface area contributed by atoms with Gasteiger partial charge in [0.2, 0.25) is 5.91 Å². The topological polar surface area (TPSA) is 131 Å². The van der Waals surface area contributed by atoms with E-state index >= 15 is 0 Å². The Morgan fingerprint density at radius 2 is 0.864 bits per heavy atom. The molecule has 0 radical (unpaired) electrons. The minimum atomic E-state index is -4.42. The number of hydrogen-bond donors (Lipinski definition) is 3. The quantitative estimate of drug-likeness (QED) is 0.0239. The van der Waals surface area contributed by atoms with Crippen LogP contribution in [-0.2, 0) is 27.9 Å². The predicted molar refractivity (Wildman–Crippen MR) is 248 cm³/mol. The van der Waals surface area contributed by atoms with Crippen molar-refractivity contribution < 1.29 is 37.9 Å². The molecule has 0 saturated carbocycles. The first-order valence-corrected chi connectivity index (χ1v) is 26.7. The number of amides is 1.